The molecule has 3 unspecified atom stereocenters. The summed E-state index contributed by atoms with van der Waals surface area (Å²) in [7, 11) is 0. The molecule has 0 N–H and O–H groups in total. The summed E-state index contributed by atoms with van der Waals surface area (Å²) in [6.45, 7) is 8.70. The van der Waals surface area contributed by atoms with Crippen molar-refractivity contribution in [3.63, 3.8) is 0 Å². The zero-order chi connectivity index (χ0) is 13.3. The van der Waals surface area contributed by atoms with Crippen molar-refractivity contribution in [3.8, 4) is 0 Å². The quantitative estimate of drug-likeness (QED) is 0.682. The second kappa shape index (κ2) is 5.63. The van der Waals surface area contributed by atoms with Gasteiger partial charge in [0.25, 0.3) is 0 Å². The molecule has 0 spiro atoms. The summed E-state index contributed by atoms with van der Waals surface area (Å²) in [6.07, 6.45) is 4.30. The molecule has 2 heteroatoms. The van der Waals surface area contributed by atoms with Crippen LogP contribution in [0, 0.1) is 13.8 Å². The van der Waals surface area contributed by atoms with Crippen molar-refractivity contribution in [2.24, 2.45) is 0 Å². The van der Waals surface area contributed by atoms with Gasteiger partial charge in [0.15, 0.2) is 0 Å². The molecule has 1 saturated heterocycles. The van der Waals surface area contributed by atoms with Gasteiger partial charge in [-0.25, -0.2) is 0 Å². The summed E-state index contributed by atoms with van der Waals surface area (Å²) in [4.78, 5) is 0. The van der Waals surface area contributed by atoms with Gasteiger partial charge in [-0.05, 0) is 61.8 Å². The molecule has 3 atom stereocenters. The number of aryl methyl sites for hydroxylation is 2. The van der Waals surface area contributed by atoms with Crippen LogP contribution in [0.4, 0.5) is 0 Å². The maximum Gasteiger partial charge on any atom is 0.0847 e. The van der Waals surface area contributed by atoms with Gasteiger partial charge in [0.2, 0.25) is 0 Å². The van der Waals surface area contributed by atoms with Gasteiger partial charge in [-0.2, -0.15) is 0 Å². The highest BCUT2D eigenvalue weighted by Gasteiger charge is 2.38. The van der Waals surface area contributed by atoms with E-state index < -0.39 is 0 Å². The van der Waals surface area contributed by atoms with Crippen LogP contribution in [0.5, 0.6) is 0 Å². The molecule has 0 amide bonds. The molecule has 1 heterocycles. The van der Waals surface area contributed by atoms with Crippen LogP contribution in [0.2, 0.25) is 5.02 Å². The van der Waals surface area contributed by atoms with Crippen molar-refractivity contribution < 1.29 is 4.74 Å². The Morgan fingerprint density at radius 3 is 2.39 bits per heavy atom. The average molecular weight is 267 g/mol. The summed E-state index contributed by atoms with van der Waals surface area (Å²) in [5.41, 5.74) is 3.90. The van der Waals surface area contributed by atoms with Gasteiger partial charge in [0.1, 0.15) is 0 Å². The first-order valence-corrected chi connectivity index (χ1v) is 7.36. The van der Waals surface area contributed by atoms with Crippen molar-refractivity contribution in [1.29, 1.82) is 0 Å². The molecule has 1 aliphatic rings. The highest BCUT2D eigenvalue weighted by atomic mass is 35.5. The Morgan fingerprint density at radius 2 is 1.83 bits per heavy atom. The van der Waals surface area contributed by atoms with E-state index in [1.54, 1.807) is 0 Å². The predicted octanol–water partition coefficient (Wildman–Crippen LogP) is 5.02. The van der Waals surface area contributed by atoms with E-state index in [1.165, 1.54) is 16.7 Å². The fourth-order valence-corrected chi connectivity index (χ4v) is 3.03. The van der Waals surface area contributed by atoms with Gasteiger partial charge in [-0.1, -0.05) is 31.5 Å². The lowest BCUT2D eigenvalue weighted by molar-refractivity contribution is 0.349. The molecule has 1 nitrogen and oxygen atoms in total. The lowest BCUT2D eigenvalue weighted by Gasteiger charge is -2.17. The minimum Gasteiger partial charge on any atom is -0.370 e. The van der Waals surface area contributed by atoms with Crippen molar-refractivity contribution in [1.82, 2.24) is 0 Å². The minimum absolute atomic E-state index is 0.456. The Hall–Kier alpha value is -0.530. The average Bonchev–Trinajstić information content (AvgIpc) is 3.09. The number of rotatable bonds is 5. The Morgan fingerprint density at radius 1 is 1.17 bits per heavy atom. The zero-order valence-electron chi connectivity index (χ0n) is 11.8. The molecule has 1 aromatic carbocycles. The first-order chi connectivity index (χ1) is 8.56. The summed E-state index contributed by atoms with van der Waals surface area (Å²) in [6, 6.07) is 4.36. The van der Waals surface area contributed by atoms with E-state index >= 15 is 0 Å². The molecule has 0 aromatic heterocycles. The molecule has 0 saturated carbocycles. The first kappa shape index (κ1) is 13.9. The van der Waals surface area contributed by atoms with Gasteiger partial charge in [0.05, 0.1) is 12.2 Å². The lowest BCUT2D eigenvalue weighted by Crippen LogP contribution is -2.05. The SMILES string of the molecule is CCC(CC1OC1CC)c1cc(C)c(C)cc1Cl. The van der Waals surface area contributed by atoms with Gasteiger partial charge in [-0.15, -0.1) is 0 Å². The third-order valence-electron chi connectivity index (χ3n) is 4.15. The van der Waals surface area contributed by atoms with Crippen LogP contribution in [-0.4, -0.2) is 12.2 Å². The van der Waals surface area contributed by atoms with Crippen LogP contribution < -0.4 is 0 Å². The monoisotopic (exact) mass is 266 g/mol. The second-order valence-corrected chi connectivity index (χ2v) is 5.83. The number of hydrogen-bond donors (Lipinski definition) is 0. The normalized spacial score (nSPS) is 24.1. The topological polar surface area (TPSA) is 12.5 Å². The summed E-state index contributed by atoms with van der Waals surface area (Å²) >= 11 is 6.41. The molecule has 0 bridgehead atoms. The van der Waals surface area contributed by atoms with Crippen molar-refractivity contribution in [2.75, 3.05) is 0 Å². The minimum atomic E-state index is 0.456. The summed E-state index contributed by atoms with van der Waals surface area (Å²) < 4.78 is 5.67. The van der Waals surface area contributed by atoms with Crippen LogP contribution in [0.25, 0.3) is 0 Å². The lowest BCUT2D eigenvalue weighted by atomic mass is 9.89. The Balaban J connectivity index is 2.14. The van der Waals surface area contributed by atoms with Gasteiger partial charge >= 0.3 is 0 Å². The van der Waals surface area contributed by atoms with Gasteiger partial charge < -0.3 is 4.74 Å². The van der Waals surface area contributed by atoms with Gasteiger partial charge in [0, 0.05) is 5.02 Å². The molecule has 1 aromatic rings. The maximum atomic E-state index is 6.41. The van der Waals surface area contributed by atoms with E-state index in [1.807, 2.05) is 0 Å². The first-order valence-electron chi connectivity index (χ1n) is 6.98. The van der Waals surface area contributed by atoms with Crippen molar-refractivity contribution in [2.45, 2.75) is 65.1 Å². The highest BCUT2D eigenvalue weighted by Crippen LogP contribution is 2.38. The third kappa shape index (κ3) is 2.89. The van der Waals surface area contributed by atoms with Crippen molar-refractivity contribution in [3.05, 3.63) is 33.8 Å². The highest BCUT2D eigenvalue weighted by molar-refractivity contribution is 6.31. The number of hydrogen-bond acceptors (Lipinski definition) is 1. The van der Waals surface area contributed by atoms with Crippen LogP contribution in [0.1, 0.15) is 55.7 Å². The van der Waals surface area contributed by atoms with Crippen LogP contribution in [0.3, 0.4) is 0 Å². The van der Waals surface area contributed by atoms with Crippen LogP contribution in [0.15, 0.2) is 12.1 Å². The summed E-state index contributed by atoms with van der Waals surface area (Å²) in [5.74, 6) is 0.526. The second-order valence-electron chi connectivity index (χ2n) is 5.42. The molecule has 100 valence electrons. The Bertz CT molecular complexity index is 427. The molecular weight excluding hydrogens is 244 g/mol. The largest absolute Gasteiger partial charge is 0.370 e. The number of benzene rings is 1. The maximum absolute atomic E-state index is 6.41. The molecule has 2 rings (SSSR count). The fourth-order valence-electron chi connectivity index (χ4n) is 2.66. The van der Waals surface area contributed by atoms with Gasteiger partial charge in [-0.3, -0.25) is 0 Å². The van der Waals surface area contributed by atoms with E-state index in [0.717, 1.165) is 24.3 Å². The molecule has 1 aliphatic heterocycles. The fraction of sp³-hybridized carbons (Fsp3) is 0.625. The number of ether oxygens (including phenoxy) is 1. The van der Waals surface area contributed by atoms with E-state index in [2.05, 4.69) is 39.8 Å². The number of halogens is 1. The van der Waals surface area contributed by atoms with Crippen LogP contribution >= 0.6 is 11.6 Å². The Kier molecular flexibility index (Phi) is 4.34. The Labute approximate surface area is 115 Å². The predicted molar refractivity (Wildman–Crippen MR) is 77.5 cm³/mol. The van der Waals surface area contributed by atoms with E-state index in [9.17, 15) is 0 Å². The van der Waals surface area contributed by atoms with Crippen LogP contribution in [-0.2, 0) is 4.74 Å². The zero-order valence-corrected chi connectivity index (χ0v) is 12.6. The van der Waals surface area contributed by atoms with E-state index in [-0.39, 0.29) is 0 Å². The standard InChI is InChI=1S/C16H23ClO/c1-5-12(9-16-15(6-2)18-16)13-7-10(3)11(4)8-14(13)17/h7-8,12,15-16H,5-6,9H2,1-4H3. The molecule has 1 fully saturated rings. The third-order valence-corrected chi connectivity index (χ3v) is 4.48. The molecule has 0 radical (unpaired) electrons. The molecule has 0 aliphatic carbocycles. The van der Waals surface area contributed by atoms with E-state index in [0.29, 0.717) is 18.1 Å². The van der Waals surface area contributed by atoms with Crippen molar-refractivity contribution >= 4 is 11.6 Å². The van der Waals surface area contributed by atoms with E-state index in [4.69, 9.17) is 16.3 Å². The molecular formula is C16H23ClO. The molecule has 18 heavy (non-hydrogen) atoms. The number of epoxide rings is 1. The summed E-state index contributed by atoms with van der Waals surface area (Å²) in [5, 5.41) is 0.915. The smallest absolute Gasteiger partial charge is 0.0847 e.